The van der Waals surface area contributed by atoms with Crippen LogP contribution in [0.25, 0.3) is 6.08 Å². The lowest BCUT2D eigenvalue weighted by molar-refractivity contribution is -0.118. The number of carbonyl (C=O) groups excluding carboxylic acids is 1. The molecule has 0 bridgehead atoms. The van der Waals surface area contributed by atoms with Gasteiger partial charge in [0, 0.05) is 11.6 Å². The largest absolute Gasteiger partial charge is 0.492 e. The molecule has 1 amide bonds. The molecule has 5 heteroatoms. The highest BCUT2D eigenvalue weighted by Crippen LogP contribution is 2.32. The number of hydrogen-bond donors (Lipinski definition) is 1. The lowest BCUT2D eigenvalue weighted by Gasteiger charge is -2.29. The Balaban J connectivity index is 2.23. The zero-order valence-corrected chi connectivity index (χ0v) is 15.2. The topological polar surface area (TPSA) is 71.3 Å². The Morgan fingerprint density at radius 3 is 2.80 bits per heavy atom. The molecular formula is C20H26N2O3. The van der Waals surface area contributed by atoms with Crippen LogP contribution in [-0.4, -0.2) is 25.7 Å². The fraction of sp³-hybridized carbons (Fsp3) is 0.500. The van der Waals surface area contributed by atoms with Gasteiger partial charge in [0.05, 0.1) is 13.7 Å². The van der Waals surface area contributed by atoms with Gasteiger partial charge in [-0.25, -0.2) is 0 Å². The number of carbonyl (C=O) groups is 1. The second-order valence-corrected chi connectivity index (χ2v) is 6.32. The van der Waals surface area contributed by atoms with Crippen LogP contribution >= 0.6 is 0 Å². The summed E-state index contributed by atoms with van der Waals surface area (Å²) in [6, 6.07) is 7.56. The predicted octanol–water partition coefficient (Wildman–Crippen LogP) is 3.70. The minimum atomic E-state index is -0.329. The summed E-state index contributed by atoms with van der Waals surface area (Å²) in [5, 5.41) is 12.5. The second-order valence-electron chi connectivity index (χ2n) is 6.32. The Morgan fingerprint density at radius 1 is 1.40 bits per heavy atom. The maximum atomic E-state index is 12.5. The van der Waals surface area contributed by atoms with E-state index in [9.17, 15) is 10.1 Å². The monoisotopic (exact) mass is 342 g/mol. The minimum Gasteiger partial charge on any atom is -0.492 e. The lowest BCUT2D eigenvalue weighted by atomic mass is 9.86. The summed E-state index contributed by atoms with van der Waals surface area (Å²) < 4.78 is 11.0. The van der Waals surface area contributed by atoms with Crippen molar-refractivity contribution in [1.82, 2.24) is 5.32 Å². The molecule has 25 heavy (non-hydrogen) atoms. The van der Waals surface area contributed by atoms with Gasteiger partial charge >= 0.3 is 0 Å². The van der Waals surface area contributed by atoms with Gasteiger partial charge in [0.15, 0.2) is 11.5 Å². The number of rotatable bonds is 6. The van der Waals surface area contributed by atoms with E-state index in [4.69, 9.17) is 9.47 Å². The number of benzene rings is 1. The maximum absolute atomic E-state index is 12.5. The van der Waals surface area contributed by atoms with Crippen molar-refractivity contribution >= 4 is 12.0 Å². The number of amides is 1. The van der Waals surface area contributed by atoms with Crippen LogP contribution in [0.4, 0.5) is 0 Å². The van der Waals surface area contributed by atoms with E-state index in [0.29, 0.717) is 29.6 Å². The Bertz CT molecular complexity index is 676. The summed E-state index contributed by atoms with van der Waals surface area (Å²) in [6.45, 7) is 4.55. The Hall–Kier alpha value is -2.48. The molecule has 0 aliphatic heterocycles. The number of nitrogens with one attached hydrogen (secondary N) is 1. The first-order chi connectivity index (χ1) is 12.1. The standard InChI is InChI=1S/C20H26N2O3/c1-4-25-18-11-7-9-15(19(18)24-3)12-16(13-21)20(23)22-17-10-6-5-8-14(17)2/h7,9,11-12,14,17H,4-6,8,10H2,1-3H3,(H,22,23)/b16-12+. The van der Waals surface area contributed by atoms with Gasteiger partial charge in [0.1, 0.15) is 11.6 Å². The van der Waals surface area contributed by atoms with Gasteiger partial charge < -0.3 is 14.8 Å². The van der Waals surface area contributed by atoms with Crippen LogP contribution in [-0.2, 0) is 4.79 Å². The first-order valence-corrected chi connectivity index (χ1v) is 8.83. The van der Waals surface area contributed by atoms with Crippen LogP contribution < -0.4 is 14.8 Å². The van der Waals surface area contributed by atoms with E-state index >= 15 is 0 Å². The highest BCUT2D eigenvalue weighted by atomic mass is 16.5. The smallest absolute Gasteiger partial charge is 0.262 e. The first kappa shape index (κ1) is 18.9. The maximum Gasteiger partial charge on any atom is 0.262 e. The molecule has 0 spiro atoms. The molecule has 1 aromatic rings. The molecule has 1 aliphatic rings. The third kappa shape index (κ3) is 4.76. The predicted molar refractivity (Wildman–Crippen MR) is 97.3 cm³/mol. The summed E-state index contributed by atoms with van der Waals surface area (Å²) in [5.41, 5.74) is 0.724. The summed E-state index contributed by atoms with van der Waals surface area (Å²) >= 11 is 0. The van der Waals surface area contributed by atoms with E-state index in [-0.39, 0.29) is 17.5 Å². The van der Waals surface area contributed by atoms with Gasteiger partial charge in [-0.15, -0.1) is 0 Å². The van der Waals surface area contributed by atoms with Crippen LogP contribution in [0.1, 0.15) is 45.1 Å². The zero-order chi connectivity index (χ0) is 18.2. The molecule has 0 aromatic heterocycles. The normalized spacial score (nSPS) is 20.5. The fourth-order valence-electron chi connectivity index (χ4n) is 3.22. The van der Waals surface area contributed by atoms with E-state index in [2.05, 4.69) is 12.2 Å². The SMILES string of the molecule is CCOc1cccc(/C=C(\C#N)C(=O)NC2CCCCC2C)c1OC. The lowest BCUT2D eigenvalue weighted by Crippen LogP contribution is -2.41. The molecule has 5 nitrogen and oxygen atoms in total. The molecule has 0 radical (unpaired) electrons. The van der Waals surface area contributed by atoms with E-state index in [1.54, 1.807) is 25.3 Å². The molecule has 1 fully saturated rings. The van der Waals surface area contributed by atoms with Crippen LogP contribution in [0.15, 0.2) is 23.8 Å². The molecule has 2 unspecified atom stereocenters. The van der Waals surface area contributed by atoms with Gasteiger partial charge in [0.25, 0.3) is 5.91 Å². The molecule has 1 saturated carbocycles. The molecule has 0 saturated heterocycles. The highest BCUT2D eigenvalue weighted by molar-refractivity contribution is 6.02. The molecule has 0 heterocycles. The van der Waals surface area contributed by atoms with Gasteiger partial charge in [-0.1, -0.05) is 31.9 Å². The highest BCUT2D eigenvalue weighted by Gasteiger charge is 2.24. The van der Waals surface area contributed by atoms with Crippen LogP contribution in [0.2, 0.25) is 0 Å². The Morgan fingerprint density at radius 2 is 2.16 bits per heavy atom. The average Bonchev–Trinajstić information content (AvgIpc) is 2.62. The molecule has 1 N–H and O–H groups in total. The number of hydrogen-bond acceptors (Lipinski definition) is 4. The molecule has 2 atom stereocenters. The van der Waals surface area contributed by atoms with E-state index in [0.717, 1.165) is 19.3 Å². The average molecular weight is 342 g/mol. The minimum absolute atomic E-state index is 0.0738. The fourth-order valence-corrected chi connectivity index (χ4v) is 3.22. The molecule has 2 rings (SSSR count). The van der Waals surface area contributed by atoms with Gasteiger partial charge in [-0.2, -0.15) is 5.26 Å². The third-order valence-electron chi connectivity index (χ3n) is 4.61. The van der Waals surface area contributed by atoms with Crippen molar-refractivity contribution in [1.29, 1.82) is 5.26 Å². The number of methoxy groups -OCH3 is 1. The van der Waals surface area contributed by atoms with E-state index < -0.39 is 0 Å². The second kappa shape index (κ2) is 9.12. The van der Waals surface area contributed by atoms with Crippen LogP contribution in [0.3, 0.4) is 0 Å². The molecular weight excluding hydrogens is 316 g/mol. The summed E-state index contributed by atoms with van der Waals surface area (Å²) in [4.78, 5) is 12.5. The molecule has 134 valence electrons. The number of nitrogens with zero attached hydrogens (tertiary/aromatic N) is 1. The van der Waals surface area contributed by atoms with Crippen LogP contribution in [0.5, 0.6) is 11.5 Å². The van der Waals surface area contributed by atoms with Crippen molar-refractivity contribution in [3.05, 3.63) is 29.3 Å². The summed E-state index contributed by atoms with van der Waals surface area (Å²) in [5.74, 6) is 1.23. The number of nitriles is 1. The van der Waals surface area contributed by atoms with Crippen molar-refractivity contribution < 1.29 is 14.3 Å². The number of para-hydroxylation sites is 1. The van der Waals surface area contributed by atoms with E-state index in [1.807, 2.05) is 19.1 Å². The quantitative estimate of drug-likeness (QED) is 0.632. The first-order valence-electron chi connectivity index (χ1n) is 8.83. The van der Waals surface area contributed by atoms with Gasteiger partial charge in [-0.3, -0.25) is 4.79 Å². The molecule has 1 aliphatic carbocycles. The van der Waals surface area contributed by atoms with Crippen molar-refractivity contribution in [2.24, 2.45) is 5.92 Å². The zero-order valence-electron chi connectivity index (χ0n) is 15.2. The van der Waals surface area contributed by atoms with Crippen LogP contribution in [0, 0.1) is 17.2 Å². The third-order valence-corrected chi connectivity index (χ3v) is 4.61. The van der Waals surface area contributed by atoms with Crippen molar-refractivity contribution in [2.75, 3.05) is 13.7 Å². The summed E-state index contributed by atoms with van der Waals surface area (Å²) in [7, 11) is 1.55. The Labute approximate surface area is 149 Å². The molecule has 1 aromatic carbocycles. The van der Waals surface area contributed by atoms with Crippen molar-refractivity contribution in [3.8, 4) is 17.6 Å². The van der Waals surface area contributed by atoms with Gasteiger partial charge in [-0.05, 0) is 37.8 Å². The number of ether oxygens (including phenoxy) is 2. The summed E-state index contributed by atoms with van der Waals surface area (Å²) in [6.07, 6.45) is 5.96. The Kier molecular flexibility index (Phi) is 6.88. The van der Waals surface area contributed by atoms with Gasteiger partial charge in [0.2, 0.25) is 0 Å². The van der Waals surface area contributed by atoms with E-state index in [1.165, 1.54) is 6.42 Å². The van der Waals surface area contributed by atoms with Crippen molar-refractivity contribution in [2.45, 2.75) is 45.6 Å². The van der Waals surface area contributed by atoms with Crippen molar-refractivity contribution in [3.63, 3.8) is 0 Å².